The van der Waals surface area contributed by atoms with E-state index in [1.165, 1.54) is 0 Å². The van der Waals surface area contributed by atoms with Gasteiger partial charge < -0.3 is 4.74 Å². The van der Waals surface area contributed by atoms with Crippen LogP contribution >= 0.6 is 11.6 Å². The standard InChI is InChI=1S/C15H13ClN2O2/c1-11(16)15(19)20-14-10-6-5-9-13(14)18-17-12-7-3-2-4-8-12/h2-11H,1H3. The largest absolute Gasteiger partial charge is 0.423 e. The van der Waals surface area contributed by atoms with Gasteiger partial charge in [0.1, 0.15) is 11.1 Å². The van der Waals surface area contributed by atoms with Crippen LogP contribution in [0, 0.1) is 0 Å². The van der Waals surface area contributed by atoms with Crippen molar-refractivity contribution >= 4 is 28.9 Å². The number of esters is 1. The van der Waals surface area contributed by atoms with Gasteiger partial charge in [0.2, 0.25) is 0 Å². The molecule has 0 aliphatic carbocycles. The fourth-order valence-corrected chi connectivity index (χ4v) is 1.47. The minimum Gasteiger partial charge on any atom is -0.423 e. The van der Waals surface area contributed by atoms with Crippen LogP contribution in [0.2, 0.25) is 0 Å². The zero-order chi connectivity index (χ0) is 14.4. The fourth-order valence-electron chi connectivity index (χ4n) is 1.42. The topological polar surface area (TPSA) is 51.0 Å². The molecule has 0 spiro atoms. The lowest BCUT2D eigenvalue weighted by Crippen LogP contribution is -2.17. The summed E-state index contributed by atoms with van der Waals surface area (Å²) in [7, 11) is 0. The third-order valence-electron chi connectivity index (χ3n) is 2.43. The molecule has 2 aromatic carbocycles. The minimum atomic E-state index is -0.714. The van der Waals surface area contributed by atoms with Crippen LogP contribution in [0.4, 0.5) is 11.4 Å². The Morgan fingerprint density at radius 1 is 1.05 bits per heavy atom. The van der Waals surface area contributed by atoms with Crippen LogP contribution in [-0.2, 0) is 4.79 Å². The second kappa shape index (κ2) is 6.82. The molecule has 0 saturated heterocycles. The maximum absolute atomic E-state index is 11.5. The van der Waals surface area contributed by atoms with Crippen LogP contribution in [0.1, 0.15) is 6.92 Å². The van der Waals surface area contributed by atoms with Crippen molar-refractivity contribution in [1.29, 1.82) is 0 Å². The molecular formula is C15H13ClN2O2. The van der Waals surface area contributed by atoms with E-state index in [-0.39, 0.29) is 0 Å². The molecule has 0 aromatic heterocycles. The summed E-state index contributed by atoms with van der Waals surface area (Å²) >= 11 is 5.67. The highest BCUT2D eigenvalue weighted by Gasteiger charge is 2.13. The highest BCUT2D eigenvalue weighted by Crippen LogP contribution is 2.29. The van der Waals surface area contributed by atoms with E-state index in [2.05, 4.69) is 10.2 Å². The summed E-state index contributed by atoms with van der Waals surface area (Å²) in [6.45, 7) is 1.55. The minimum absolute atomic E-state index is 0.338. The summed E-state index contributed by atoms with van der Waals surface area (Å²) in [6, 6.07) is 16.2. The number of halogens is 1. The number of carbonyl (C=O) groups excluding carboxylic acids is 1. The maximum Gasteiger partial charge on any atom is 0.329 e. The first kappa shape index (κ1) is 14.2. The van der Waals surface area contributed by atoms with Gasteiger partial charge in [-0.1, -0.05) is 30.3 Å². The van der Waals surface area contributed by atoms with Crippen LogP contribution in [0.25, 0.3) is 0 Å². The van der Waals surface area contributed by atoms with Crippen LogP contribution in [0.5, 0.6) is 5.75 Å². The maximum atomic E-state index is 11.5. The van der Waals surface area contributed by atoms with Crippen LogP contribution < -0.4 is 4.74 Å². The molecule has 0 saturated carbocycles. The summed E-state index contributed by atoms with van der Waals surface area (Å²) in [5.74, 6) is -0.182. The molecule has 0 bridgehead atoms. The number of carbonyl (C=O) groups is 1. The van der Waals surface area contributed by atoms with Gasteiger partial charge in [-0.05, 0) is 31.2 Å². The van der Waals surface area contributed by atoms with Crippen molar-refractivity contribution in [3.05, 3.63) is 54.6 Å². The number of hydrogen-bond donors (Lipinski definition) is 0. The lowest BCUT2D eigenvalue weighted by atomic mass is 10.3. The Hall–Kier alpha value is -2.20. The van der Waals surface area contributed by atoms with Crippen molar-refractivity contribution in [3.63, 3.8) is 0 Å². The molecule has 0 amide bonds. The Kier molecular flexibility index (Phi) is 4.85. The van der Waals surface area contributed by atoms with E-state index in [0.29, 0.717) is 11.4 Å². The normalized spacial score (nSPS) is 12.3. The molecule has 4 nitrogen and oxygen atoms in total. The molecule has 0 heterocycles. The van der Waals surface area contributed by atoms with E-state index in [9.17, 15) is 4.79 Å². The molecule has 1 unspecified atom stereocenters. The van der Waals surface area contributed by atoms with Gasteiger partial charge in [-0.25, -0.2) is 0 Å². The second-order valence-corrected chi connectivity index (χ2v) is 4.70. The first-order valence-corrected chi connectivity index (χ1v) is 6.52. The lowest BCUT2D eigenvalue weighted by Gasteiger charge is -2.07. The third-order valence-corrected chi connectivity index (χ3v) is 2.61. The van der Waals surface area contributed by atoms with Gasteiger partial charge in [0, 0.05) is 0 Å². The summed E-state index contributed by atoms with van der Waals surface area (Å²) in [4.78, 5) is 11.5. The van der Waals surface area contributed by atoms with Crippen LogP contribution in [0.3, 0.4) is 0 Å². The van der Waals surface area contributed by atoms with Gasteiger partial charge in [0.25, 0.3) is 0 Å². The van der Waals surface area contributed by atoms with Crippen molar-refractivity contribution < 1.29 is 9.53 Å². The van der Waals surface area contributed by atoms with Gasteiger partial charge in [0.15, 0.2) is 5.75 Å². The predicted octanol–water partition coefficient (Wildman–Crippen LogP) is 4.63. The number of benzene rings is 2. The monoisotopic (exact) mass is 288 g/mol. The Labute approximate surface area is 122 Å². The van der Waals surface area contributed by atoms with E-state index in [4.69, 9.17) is 16.3 Å². The molecule has 1 atom stereocenters. The lowest BCUT2D eigenvalue weighted by molar-refractivity contribution is -0.133. The molecule has 0 aliphatic heterocycles. The Balaban J connectivity index is 2.20. The molecule has 0 aliphatic rings. The highest BCUT2D eigenvalue weighted by molar-refractivity contribution is 6.29. The quantitative estimate of drug-likeness (QED) is 0.356. The number of nitrogens with zero attached hydrogens (tertiary/aromatic N) is 2. The third kappa shape index (κ3) is 3.90. The summed E-state index contributed by atoms with van der Waals surface area (Å²) in [5, 5.41) is 7.47. The number of alkyl halides is 1. The number of azo groups is 1. The summed E-state index contributed by atoms with van der Waals surface area (Å²) < 4.78 is 5.17. The van der Waals surface area contributed by atoms with E-state index >= 15 is 0 Å². The summed E-state index contributed by atoms with van der Waals surface area (Å²) in [6.07, 6.45) is 0. The van der Waals surface area contributed by atoms with Crippen LogP contribution in [-0.4, -0.2) is 11.3 Å². The molecule has 0 fully saturated rings. The number of hydrogen-bond acceptors (Lipinski definition) is 4. The van der Waals surface area contributed by atoms with Gasteiger partial charge in [-0.15, -0.1) is 16.7 Å². The molecule has 0 N–H and O–H groups in total. The van der Waals surface area contributed by atoms with Gasteiger partial charge in [-0.2, -0.15) is 5.11 Å². The van der Waals surface area contributed by atoms with E-state index in [0.717, 1.165) is 5.69 Å². The average Bonchev–Trinajstić information content (AvgIpc) is 2.47. The van der Waals surface area contributed by atoms with Crippen molar-refractivity contribution in [2.75, 3.05) is 0 Å². The predicted molar refractivity (Wildman–Crippen MR) is 78.0 cm³/mol. The van der Waals surface area contributed by atoms with Gasteiger partial charge in [0.05, 0.1) is 5.69 Å². The fraction of sp³-hybridized carbons (Fsp3) is 0.133. The molecular weight excluding hydrogens is 276 g/mol. The van der Waals surface area contributed by atoms with Crippen molar-refractivity contribution in [2.45, 2.75) is 12.3 Å². The van der Waals surface area contributed by atoms with Crippen molar-refractivity contribution in [1.82, 2.24) is 0 Å². The first-order valence-electron chi connectivity index (χ1n) is 6.08. The Morgan fingerprint density at radius 2 is 1.70 bits per heavy atom. The van der Waals surface area contributed by atoms with E-state index in [1.54, 1.807) is 31.2 Å². The molecule has 102 valence electrons. The van der Waals surface area contributed by atoms with Crippen LogP contribution in [0.15, 0.2) is 64.8 Å². The zero-order valence-corrected chi connectivity index (χ0v) is 11.6. The van der Waals surface area contributed by atoms with E-state index < -0.39 is 11.3 Å². The Bertz CT molecular complexity index is 612. The number of rotatable bonds is 4. The SMILES string of the molecule is CC(Cl)C(=O)Oc1ccccc1N=Nc1ccccc1. The second-order valence-electron chi connectivity index (χ2n) is 4.04. The number of para-hydroxylation sites is 1. The molecule has 20 heavy (non-hydrogen) atoms. The van der Waals surface area contributed by atoms with Crippen molar-refractivity contribution in [2.24, 2.45) is 10.2 Å². The van der Waals surface area contributed by atoms with Gasteiger partial charge >= 0.3 is 5.97 Å². The summed E-state index contributed by atoms with van der Waals surface area (Å²) in [5.41, 5.74) is 1.20. The van der Waals surface area contributed by atoms with Gasteiger partial charge in [-0.3, -0.25) is 4.79 Å². The molecule has 2 aromatic rings. The van der Waals surface area contributed by atoms with E-state index in [1.807, 2.05) is 30.3 Å². The molecule has 5 heteroatoms. The zero-order valence-electron chi connectivity index (χ0n) is 10.9. The number of ether oxygens (including phenoxy) is 1. The molecule has 2 rings (SSSR count). The molecule has 0 radical (unpaired) electrons. The Morgan fingerprint density at radius 3 is 2.40 bits per heavy atom. The average molecular weight is 289 g/mol. The van der Waals surface area contributed by atoms with Crippen molar-refractivity contribution in [3.8, 4) is 5.75 Å². The highest BCUT2D eigenvalue weighted by atomic mass is 35.5. The smallest absolute Gasteiger partial charge is 0.329 e. The first-order chi connectivity index (χ1) is 9.66.